The minimum Gasteiger partial charge on any atom is -0.392 e. The molecule has 0 saturated heterocycles. The Bertz CT molecular complexity index is 534. The molecule has 0 saturated carbocycles. The maximum absolute atomic E-state index is 10.7. The van der Waals surface area contributed by atoms with Crippen LogP contribution in [0.3, 0.4) is 0 Å². The molecular weight excluding hydrogens is 308 g/mol. The van der Waals surface area contributed by atoms with Crippen molar-refractivity contribution < 1.29 is 14.9 Å². The fourth-order valence-electron chi connectivity index (χ4n) is 1.66. The monoisotopic (exact) mass is 330 g/mol. The average molecular weight is 331 g/mol. The van der Waals surface area contributed by atoms with Gasteiger partial charge in [0.05, 0.1) is 22.3 Å². The van der Waals surface area contributed by atoms with Gasteiger partial charge in [-0.3, -0.25) is 10.1 Å². The first kappa shape index (κ1) is 20.3. The van der Waals surface area contributed by atoms with E-state index in [1.165, 1.54) is 18.2 Å². The van der Waals surface area contributed by atoms with Gasteiger partial charge in [0.2, 0.25) is 0 Å². The molecular formula is C15H23ClN2O4. The van der Waals surface area contributed by atoms with E-state index < -0.39 is 10.5 Å². The quantitative estimate of drug-likeness (QED) is 0.665. The number of oxime groups is 1. The third-order valence-electron chi connectivity index (χ3n) is 2.72. The second kappa shape index (κ2) is 9.38. The molecule has 0 radical (unpaired) electrons. The number of halogens is 1. The van der Waals surface area contributed by atoms with Gasteiger partial charge >= 0.3 is 0 Å². The standard InChI is InChI=1S/C11H11ClN2O4.2C2H6/c1-11(6-15)5-10(13-18-11)8-4-7(14(16)17)2-3-9(8)12;2*1-2/h2-4,15H,5-6H2,1H3;2*1-2H3. The van der Waals surface area contributed by atoms with Crippen molar-refractivity contribution in [2.45, 2.75) is 46.6 Å². The van der Waals surface area contributed by atoms with E-state index in [9.17, 15) is 10.1 Å². The molecule has 1 aromatic rings. The minimum atomic E-state index is -0.788. The lowest BCUT2D eigenvalue weighted by atomic mass is 9.96. The Morgan fingerprint density at radius 2 is 2.00 bits per heavy atom. The summed E-state index contributed by atoms with van der Waals surface area (Å²) in [5.74, 6) is 0. The summed E-state index contributed by atoms with van der Waals surface area (Å²) in [6.07, 6.45) is 0.352. The van der Waals surface area contributed by atoms with E-state index in [0.717, 1.165) is 0 Å². The van der Waals surface area contributed by atoms with Crippen LogP contribution in [-0.2, 0) is 4.84 Å². The van der Waals surface area contributed by atoms with Crippen molar-refractivity contribution in [2.75, 3.05) is 6.61 Å². The number of non-ortho nitro benzene ring substituents is 1. The summed E-state index contributed by atoms with van der Waals surface area (Å²) in [6, 6.07) is 4.13. The van der Waals surface area contributed by atoms with Crippen LogP contribution in [0.25, 0.3) is 0 Å². The Morgan fingerprint density at radius 3 is 2.45 bits per heavy atom. The Morgan fingerprint density at radius 1 is 1.41 bits per heavy atom. The largest absolute Gasteiger partial charge is 0.392 e. The number of nitro groups is 1. The van der Waals surface area contributed by atoms with Gasteiger partial charge in [0.15, 0.2) is 5.60 Å². The van der Waals surface area contributed by atoms with E-state index >= 15 is 0 Å². The maximum atomic E-state index is 10.7. The highest BCUT2D eigenvalue weighted by Crippen LogP contribution is 2.30. The zero-order valence-electron chi connectivity index (χ0n) is 13.6. The van der Waals surface area contributed by atoms with Crippen molar-refractivity contribution in [1.82, 2.24) is 0 Å². The number of hydrogen-bond acceptors (Lipinski definition) is 5. The summed E-state index contributed by atoms with van der Waals surface area (Å²) in [4.78, 5) is 15.3. The number of nitrogens with zero attached hydrogens (tertiary/aromatic N) is 2. The number of benzene rings is 1. The molecule has 1 aromatic carbocycles. The topological polar surface area (TPSA) is 85.0 Å². The predicted octanol–water partition coefficient (Wildman–Crippen LogP) is 4.18. The zero-order chi connectivity index (χ0) is 17.3. The molecule has 22 heavy (non-hydrogen) atoms. The normalized spacial score (nSPS) is 19.0. The smallest absolute Gasteiger partial charge is 0.270 e. The molecule has 0 aromatic heterocycles. The molecule has 1 N–H and O–H groups in total. The summed E-state index contributed by atoms with van der Waals surface area (Å²) >= 11 is 6.00. The Kier molecular flexibility index (Phi) is 8.67. The molecule has 0 fully saturated rings. The summed E-state index contributed by atoms with van der Waals surface area (Å²) in [5.41, 5.74) is 0.113. The predicted molar refractivity (Wildman–Crippen MR) is 88.5 cm³/mol. The molecule has 1 heterocycles. The van der Waals surface area contributed by atoms with Gasteiger partial charge in [0.25, 0.3) is 5.69 Å². The van der Waals surface area contributed by atoms with Crippen LogP contribution in [0.2, 0.25) is 5.02 Å². The van der Waals surface area contributed by atoms with Gasteiger partial charge in [0, 0.05) is 24.1 Å². The zero-order valence-corrected chi connectivity index (χ0v) is 14.3. The van der Waals surface area contributed by atoms with E-state index in [2.05, 4.69) is 5.16 Å². The minimum absolute atomic E-state index is 0.0605. The highest BCUT2D eigenvalue weighted by molar-refractivity contribution is 6.34. The maximum Gasteiger partial charge on any atom is 0.270 e. The van der Waals surface area contributed by atoms with E-state index in [1.807, 2.05) is 27.7 Å². The fraction of sp³-hybridized carbons (Fsp3) is 0.533. The second-order valence-electron chi connectivity index (χ2n) is 4.34. The van der Waals surface area contributed by atoms with Crippen LogP contribution >= 0.6 is 11.6 Å². The lowest BCUT2D eigenvalue weighted by molar-refractivity contribution is -0.384. The summed E-state index contributed by atoms with van der Waals surface area (Å²) in [7, 11) is 0. The van der Waals surface area contributed by atoms with Crippen molar-refractivity contribution in [3.05, 3.63) is 38.9 Å². The molecule has 7 heteroatoms. The first-order valence-corrected chi connectivity index (χ1v) is 7.63. The second-order valence-corrected chi connectivity index (χ2v) is 4.74. The van der Waals surface area contributed by atoms with Gasteiger partial charge in [0.1, 0.15) is 0 Å². The molecule has 1 aliphatic heterocycles. The fourth-order valence-corrected chi connectivity index (χ4v) is 1.89. The molecule has 2 rings (SSSR count). The van der Waals surface area contributed by atoms with Crippen molar-refractivity contribution >= 4 is 23.0 Å². The summed E-state index contributed by atoms with van der Waals surface area (Å²) < 4.78 is 0. The molecule has 0 aliphatic carbocycles. The first-order chi connectivity index (χ1) is 10.4. The molecule has 1 atom stereocenters. The number of aliphatic hydroxyl groups excluding tert-OH is 1. The van der Waals surface area contributed by atoms with E-state index in [1.54, 1.807) is 6.92 Å². The van der Waals surface area contributed by atoms with Crippen molar-refractivity contribution in [3.8, 4) is 0 Å². The van der Waals surface area contributed by atoms with Crippen LogP contribution in [0, 0.1) is 10.1 Å². The number of aliphatic hydroxyl groups is 1. The van der Waals surface area contributed by atoms with Gasteiger partial charge in [-0.1, -0.05) is 44.5 Å². The number of nitro benzene ring substituents is 1. The van der Waals surface area contributed by atoms with Crippen molar-refractivity contribution in [2.24, 2.45) is 5.16 Å². The molecule has 1 aliphatic rings. The number of hydrogen-bond donors (Lipinski definition) is 1. The van der Waals surface area contributed by atoms with Gasteiger partial charge in [-0.15, -0.1) is 0 Å². The van der Waals surface area contributed by atoms with Crippen LogP contribution in [0.1, 0.15) is 46.6 Å². The van der Waals surface area contributed by atoms with Gasteiger partial charge in [-0.05, 0) is 13.0 Å². The van der Waals surface area contributed by atoms with Gasteiger partial charge < -0.3 is 9.94 Å². The summed E-state index contributed by atoms with van der Waals surface area (Å²) in [6.45, 7) is 9.52. The Balaban J connectivity index is 0.00000102. The average Bonchev–Trinajstić information content (AvgIpc) is 2.94. The molecule has 1 unspecified atom stereocenters. The number of rotatable bonds is 3. The van der Waals surface area contributed by atoms with E-state index in [-0.39, 0.29) is 12.3 Å². The van der Waals surface area contributed by atoms with Crippen LogP contribution in [-0.4, -0.2) is 27.9 Å². The summed E-state index contributed by atoms with van der Waals surface area (Å²) in [5, 5.41) is 24.1. The van der Waals surface area contributed by atoms with E-state index in [4.69, 9.17) is 21.5 Å². The highest BCUT2D eigenvalue weighted by Gasteiger charge is 2.35. The third-order valence-corrected chi connectivity index (χ3v) is 3.05. The lowest BCUT2D eigenvalue weighted by Crippen LogP contribution is -2.29. The van der Waals surface area contributed by atoms with Gasteiger partial charge in [-0.25, -0.2) is 0 Å². The van der Waals surface area contributed by atoms with Crippen LogP contribution in [0.4, 0.5) is 5.69 Å². The molecule has 6 nitrogen and oxygen atoms in total. The van der Waals surface area contributed by atoms with Crippen LogP contribution < -0.4 is 0 Å². The Labute approximate surface area is 135 Å². The molecule has 0 bridgehead atoms. The van der Waals surface area contributed by atoms with Crippen molar-refractivity contribution in [3.63, 3.8) is 0 Å². The Hall–Kier alpha value is -1.66. The molecule has 0 amide bonds. The van der Waals surface area contributed by atoms with Gasteiger partial charge in [-0.2, -0.15) is 0 Å². The van der Waals surface area contributed by atoms with E-state index in [0.29, 0.717) is 22.7 Å². The first-order valence-electron chi connectivity index (χ1n) is 7.25. The lowest BCUT2D eigenvalue weighted by Gasteiger charge is -2.17. The van der Waals surface area contributed by atoms with Crippen molar-refractivity contribution in [1.29, 1.82) is 0 Å². The highest BCUT2D eigenvalue weighted by atomic mass is 35.5. The SMILES string of the molecule is CC.CC.CC1(CO)CC(c2cc([N+](=O)[O-])ccc2Cl)=NO1. The van der Waals surface area contributed by atoms with Crippen LogP contribution in [0.15, 0.2) is 23.4 Å². The third kappa shape index (κ3) is 4.96. The molecule has 0 spiro atoms. The van der Waals surface area contributed by atoms with Crippen LogP contribution in [0.5, 0.6) is 0 Å². The molecule has 124 valence electrons.